The Hall–Kier alpha value is -2.89. The van der Waals surface area contributed by atoms with E-state index in [9.17, 15) is 19.8 Å². The fourth-order valence-corrected chi connectivity index (χ4v) is 1.88. The van der Waals surface area contributed by atoms with Gasteiger partial charge in [-0.2, -0.15) is 0 Å². The van der Waals surface area contributed by atoms with Crippen molar-refractivity contribution >= 4 is 11.9 Å². The first-order valence-electron chi connectivity index (χ1n) is 6.20. The minimum absolute atomic E-state index is 0.221. The maximum atomic E-state index is 12.2. The second-order valence-corrected chi connectivity index (χ2v) is 4.62. The number of rotatable bonds is 4. The number of aliphatic carboxylic acids is 1. The summed E-state index contributed by atoms with van der Waals surface area (Å²) in [4.78, 5) is 27.5. The highest BCUT2D eigenvalue weighted by atomic mass is 16.4. The lowest BCUT2D eigenvalue weighted by molar-refractivity contribution is -0.144. The lowest BCUT2D eigenvalue weighted by Gasteiger charge is -2.26. The predicted molar refractivity (Wildman–Crippen MR) is 74.8 cm³/mol. The number of nitrogens with one attached hydrogen (secondary N) is 1. The molecule has 0 saturated carbocycles. The van der Waals surface area contributed by atoms with Crippen molar-refractivity contribution in [1.29, 1.82) is 0 Å². The van der Waals surface area contributed by atoms with E-state index in [0.717, 1.165) is 0 Å². The van der Waals surface area contributed by atoms with Crippen molar-refractivity contribution in [2.75, 3.05) is 0 Å². The molecule has 3 N–H and O–H groups in total. The number of carboxylic acids is 1. The van der Waals surface area contributed by atoms with Crippen LogP contribution in [0.1, 0.15) is 23.0 Å². The Bertz CT molecular complexity index is 672. The number of hydrogen-bond donors (Lipinski definition) is 3. The van der Waals surface area contributed by atoms with Crippen LogP contribution < -0.4 is 5.32 Å². The lowest BCUT2D eigenvalue weighted by atomic mass is 9.92. The van der Waals surface area contributed by atoms with E-state index >= 15 is 0 Å². The van der Waals surface area contributed by atoms with Crippen molar-refractivity contribution in [3.8, 4) is 5.75 Å². The first kappa shape index (κ1) is 14.5. The molecule has 1 amide bonds. The van der Waals surface area contributed by atoms with Gasteiger partial charge in [0.25, 0.3) is 5.91 Å². The number of hydrogen-bond acceptors (Lipinski definition) is 4. The summed E-state index contributed by atoms with van der Waals surface area (Å²) in [6.07, 6.45) is 1.34. The second kappa shape index (κ2) is 5.62. The van der Waals surface area contributed by atoms with Gasteiger partial charge in [0, 0.05) is 6.20 Å². The van der Waals surface area contributed by atoms with Gasteiger partial charge in [-0.1, -0.05) is 30.3 Å². The van der Waals surface area contributed by atoms with E-state index in [1.54, 1.807) is 30.3 Å². The standard InChI is InChI=1S/C15H14N2O4/c1-15(14(20)21,10-6-3-2-4-7-10)17-13(19)12-11(18)8-5-9-16-12/h2-9,18H,1H3,(H,17,19)(H,20,21). The average molecular weight is 286 g/mol. The molecule has 2 rings (SSSR count). The van der Waals surface area contributed by atoms with Crippen LogP contribution >= 0.6 is 0 Å². The molecule has 0 bridgehead atoms. The van der Waals surface area contributed by atoms with E-state index in [1.165, 1.54) is 25.3 Å². The smallest absolute Gasteiger partial charge is 0.333 e. The number of aromatic nitrogens is 1. The fourth-order valence-electron chi connectivity index (χ4n) is 1.88. The van der Waals surface area contributed by atoms with Crippen LogP contribution in [-0.2, 0) is 10.3 Å². The topological polar surface area (TPSA) is 99.5 Å². The number of benzene rings is 1. The van der Waals surface area contributed by atoms with Crippen molar-refractivity contribution in [3.63, 3.8) is 0 Å². The number of carbonyl (C=O) groups excluding carboxylic acids is 1. The molecular weight excluding hydrogens is 272 g/mol. The van der Waals surface area contributed by atoms with E-state index < -0.39 is 17.4 Å². The molecule has 1 aromatic carbocycles. The van der Waals surface area contributed by atoms with Gasteiger partial charge in [0.1, 0.15) is 5.75 Å². The molecule has 6 heteroatoms. The largest absolute Gasteiger partial charge is 0.505 e. The Balaban J connectivity index is 2.36. The molecule has 0 saturated heterocycles. The van der Waals surface area contributed by atoms with Crippen LogP contribution in [0, 0.1) is 0 Å². The van der Waals surface area contributed by atoms with Crippen molar-refractivity contribution in [3.05, 3.63) is 59.9 Å². The zero-order valence-electron chi connectivity index (χ0n) is 11.3. The lowest BCUT2D eigenvalue weighted by Crippen LogP contribution is -2.49. The Morgan fingerprint density at radius 2 is 1.81 bits per heavy atom. The highest BCUT2D eigenvalue weighted by Crippen LogP contribution is 2.22. The van der Waals surface area contributed by atoms with Crippen molar-refractivity contribution < 1.29 is 19.8 Å². The van der Waals surface area contributed by atoms with Crippen molar-refractivity contribution in [2.24, 2.45) is 0 Å². The molecule has 0 aliphatic carbocycles. The van der Waals surface area contributed by atoms with E-state index in [-0.39, 0.29) is 11.4 Å². The Kier molecular flexibility index (Phi) is 3.89. The molecule has 1 unspecified atom stereocenters. The normalized spacial score (nSPS) is 13.2. The van der Waals surface area contributed by atoms with Gasteiger partial charge in [-0.25, -0.2) is 9.78 Å². The van der Waals surface area contributed by atoms with E-state index in [2.05, 4.69) is 10.3 Å². The summed E-state index contributed by atoms with van der Waals surface area (Å²) in [5, 5.41) is 21.5. The molecule has 1 heterocycles. The number of pyridine rings is 1. The van der Waals surface area contributed by atoms with Crippen LogP contribution in [0.5, 0.6) is 5.75 Å². The number of amides is 1. The third-order valence-corrected chi connectivity index (χ3v) is 3.14. The molecule has 0 aliphatic rings. The molecule has 108 valence electrons. The predicted octanol–water partition coefficient (Wildman–Crippen LogP) is 1.52. The summed E-state index contributed by atoms with van der Waals surface area (Å²) in [6, 6.07) is 11.1. The first-order valence-corrected chi connectivity index (χ1v) is 6.20. The zero-order valence-corrected chi connectivity index (χ0v) is 11.3. The van der Waals surface area contributed by atoms with Crippen LogP contribution in [0.4, 0.5) is 0 Å². The van der Waals surface area contributed by atoms with E-state index in [4.69, 9.17) is 0 Å². The van der Waals surface area contributed by atoms with Crippen LogP contribution in [-0.4, -0.2) is 27.1 Å². The maximum Gasteiger partial charge on any atom is 0.333 e. The molecule has 0 radical (unpaired) electrons. The quantitative estimate of drug-likeness (QED) is 0.791. The van der Waals surface area contributed by atoms with Crippen LogP contribution in [0.25, 0.3) is 0 Å². The van der Waals surface area contributed by atoms with Crippen molar-refractivity contribution in [2.45, 2.75) is 12.5 Å². The van der Waals surface area contributed by atoms with Crippen LogP contribution in [0.15, 0.2) is 48.7 Å². The van der Waals surface area contributed by atoms with Gasteiger partial charge in [0.05, 0.1) is 0 Å². The molecule has 0 aliphatic heterocycles. The molecule has 21 heavy (non-hydrogen) atoms. The van der Waals surface area contributed by atoms with Gasteiger partial charge in [-0.3, -0.25) is 4.79 Å². The molecule has 0 spiro atoms. The molecule has 0 fully saturated rings. The number of carbonyl (C=O) groups is 2. The number of aromatic hydroxyl groups is 1. The van der Waals surface area contributed by atoms with Crippen LogP contribution in [0.3, 0.4) is 0 Å². The van der Waals surface area contributed by atoms with E-state index in [0.29, 0.717) is 5.56 Å². The third-order valence-electron chi connectivity index (χ3n) is 3.14. The second-order valence-electron chi connectivity index (χ2n) is 4.62. The van der Waals surface area contributed by atoms with Gasteiger partial charge in [0.2, 0.25) is 0 Å². The van der Waals surface area contributed by atoms with Crippen molar-refractivity contribution in [1.82, 2.24) is 10.3 Å². The molecule has 1 atom stereocenters. The van der Waals surface area contributed by atoms with Gasteiger partial charge in [-0.05, 0) is 24.6 Å². The molecular formula is C15H14N2O4. The van der Waals surface area contributed by atoms with E-state index in [1.807, 2.05) is 0 Å². The maximum absolute atomic E-state index is 12.2. The fraction of sp³-hybridized carbons (Fsp3) is 0.133. The third kappa shape index (κ3) is 2.84. The summed E-state index contributed by atoms with van der Waals surface area (Å²) < 4.78 is 0. The Morgan fingerprint density at radius 3 is 2.38 bits per heavy atom. The summed E-state index contributed by atoms with van der Waals surface area (Å²) >= 11 is 0. The molecule has 2 aromatic rings. The van der Waals surface area contributed by atoms with Crippen LogP contribution in [0.2, 0.25) is 0 Å². The minimum atomic E-state index is -1.62. The van der Waals surface area contributed by atoms with Gasteiger partial charge in [0.15, 0.2) is 11.2 Å². The molecule has 6 nitrogen and oxygen atoms in total. The SMILES string of the molecule is CC(NC(=O)c1ncccc1O)(C(=O)O)c1ccccc1. The molecule has 1 aromatic heterocycles. The average Bonchev–Trinajstić information content (AvgIpc) is 2.48. The van der Waals surface area contributed by atoms with Gasteiger partial charge >= 0.3 is 5.97 Å². The number of carboxylic acid groups (broad SMARTS) is 1. The summed E-state index contributed by atoms with van der Waals surface area (Å²) in [5.74, 6) is -2.28. The summed E-state index contributed by atoms with van der Waals surface area (Å²) in [6.45, 7) is 1.38. The summed E-state index contributed by atoms with van der Waals surface area (Å²) in [5.41, 5.74) is -1.43. The first-order chi connectivity index (χ1) is 9.95. The highest BCUT2D eigenvalue weighted by molar-refractivity contribution is 5.98. The Labute approximate surface area is 121 Å². The minimum Gasteiger partial charge on any atom is -0.505 e. The summed E-state index contributed by atoms with van der Waals surface area (Å²) in [7, 11) is 0. The Morgan fingerprint density at radius 1 is 1.14 bits per heavy atom. The highest BCUT2D eigenvalue weighted by Gasteiger charge is 2.37. The van der Waals surface area contributed by atoms with Gasteiger partial charge in [-0.15, -0.1) is 0 Å². The van der Waals surface area contributed by atoms with Gasteiger partial charge < -0.3 is 15.5 Å². The zero-order chi connectivity index (χ0) is 15.5. The number of nitrogens with zero attached hydrogens (tertiary/aromatic N) is 1. The monoisotopic (exact) mass is 286 g/mol.